The SMILES string of the molecule is C[Si]1(c2ccc(-c3ccc(-c4cc(=O)c5cc(-c6ccc(-c7ccc(N(c8ccccc8)c8ccccc8)cc7)cc6)ccc5o4)cc3)cc2)c2ccccc2-c2ccccc21. The van der Waals surface area contributed by atoms with Gasteiger partial charge in [-0.3, -0.25) is 4.79 Å². The first-order valence-electron chi connectivity index (χ1n) is 21.1. The molecule has 4 heteroatoms. The maximum Gasteiger partial charge on any atom is 0.193 e. The molecule has 294 valence electrons. The monoisotopic (exact) mass is 811 g/mol. The standard InChI is InChI=1S/C58H41NO2Si/c1-62(57-18-10-8-16-51(57)52-17-9-11-19-58(52)62)50-35-30-43(31-36-50)41-24-26-45(27-25-41)56-39-54(60)53-38-46(32-37-55(53)61-56)44-22-20-40(21-23-44)42-28-33-49(34-29-42)59(47-12-4-2-5-13-47)48-14-6-3-7-15-48/h2-39H,1H3. The second-order valence-electron chi connectivity index (χ2n) is 16.2. The molecule has 0 fully saturated rings. The van der Waals surface area contributed by atoms with Crippen LogP contribution in [-0.2, 0) is 0 Å². The second kappa shape index (κ2) is 15.3. The first-order chi connectivity index (χ1) is 30.5. The summed E-state index contributed by atoms with van der Waals surface area (Å²) in [7, 11) is -2.11. The zero-order valence-electron chi connectivity index (χ0n) is 34.2. The van der Waals surface area contributed by atoms with E-state index in [1.165, 1.54) is 26.7 Å². The van der Waals surface area contributed by atoms with Gasteiger partial charge in [-0.25, -0.2) is 0 Å². The Balaban J connectivity index is 0.808. The lowest BCUT2D eigenvalue weighted by Crippen LogP contribution is -2.62. The lowest BCUT2D eigenvalue weighted by molar-refractivity contribution is 0.619. The van der Waals surface area contributed by atoms with Crippen LogP contribution >= 0.6 is 0 Å². The number of para-hydroxylation sites is 2. The zero-order valence-corrected chi connectivity index (χ0v) is 35.2. The maximum absolute atomic E-state index is 13.6. The summed E-state index contributed by atoms with van der Waals surface area (Å²) in [5.41, 5.74) is 14.0. The van der Waals surface area contributed by atoms with Crippen LogP contribution in [0.15, 0.2) is 240 Å². The van der Waals surface area contributed by atoms with Crippen LogP contribution in [-0.4, -0.2) is 8.07 Å². The molecule has 1 aliphatic rings. The molecule has 1 aromatic heterocycles. The van der Waals surface area contributed by atoms with E-state index in [-0.39, 0.29) is 5.43 Å². The van der Waals surface area contributed by atoms with Crippen LogP contribution in [0, 0.1) is 0 Å². The highest BCUT2D eigenvalue weighted by atomic mass is 28.3. The van der Waals surface area contributed by atoms with Crippen molar-refractivity contribution in [2.75, 3.05) is 4.90 Å². The molecule has 1 aliphatic heterocycles. The van der Waals surface area contributed by atoms with Gasteiger partial charge < -0.3 is 9.32 Å². The molecule has 0 aliphatic carbocycles. The Kier molecular flexibility index (Phi) is 9.21. The molecule has 0 unspecified atom stereocenters. The van der Waals surface area contributed by atoms with Gasteiger partial charge in [-0.1, -0.05) is 182 Å². The highest BCUT2D eigenvalue weighted by molar-refractivity contribution is 7.13. The van der Waals surface area contributed by atoms with Crippen LogP contribution in [0.5, 0.6) is 0 Å². The average molecular weight is 812 g/mol. The van der Waals surface area contributed by atoms with E-state index >= 15 is 0 Å². The molecule has 3 nitrogen and oxygen atoms in total. The van der Waals surface area contributed by atoms with E-state index in [2.05, 4.69) is 193 Å². The van der Waals surface area contributed by atoms with E-state index in [4.69, 9.17) is 4.42 Å². The Morgan fingerprint density at radius 1 is 0.387 bits per heavy atom. The molecule has 2 heterocycles. The van der Waals surface area contributed by atoms with E-state index in [1.54, 1.807) is 6.07 Å². The number of nitrogens with zero attached hydrogens (tertiary/aromatic N) is 1. The Labute approximate surface area is 362 Å². The summed E-state index contributed by atoms with van der Waals surface area (Å²) in [6, 6.07) is 80.8. The van der Waals surface area contributed by atoms with Crippen LogP contribution in [0.3, 0.4) is 0 Å². The van der Waals surface area contributed by atoms with Crippen LogP contribution in [0.1, 0.15) is 0 Å². The number of rotatable bonds is 8. The van der Waals surface area contributed by atoms with E-state index in [0.29, 0.717) is 16.7 Å². The quantitative estimate of drug-likeness (QED) is 0.143. The van der Waals surface area contributed by atoms with E-state index in [1.807, 2.05) is 42.5 Å². The number of fused-ring (bicyclic) bond motifs is 4. The molecule has 9 aromatic carbocycles. The molecule has 0 atom stereocenters. The molecule has 0 saturated carbocycles. The van der Waals surface area contributed by atoms with Crippen molar-refractivity contribution in [3.8, 4) is 55.8 Å². The fourth-order valence-corrected chi connectivity index (χ4v) is 13.4. The lowest BCUT2D eigenvalue weighted by Gasteiger charge is -2.26. The van der Waals surface area contributed by atoms with Crippen molar-refractivity contribution >= 4 is 51.7 Å². The molecular weight excluding hydrogens is 771 g/mol. The van der Waals surface area contributed by atoms with E-state index < -0.39 is 8.07 Å². The minimum Gasteiger partial charge on any atom is -0.456 e. The summed E-state index contributed by atoms with van der Waals surface area (Å²) in [6.07, 6.45) is 0. The Hall–Kier alpha value is -7.79. The molecule has 11 rings (SSSR count). The Morgan fingerprint density at radius 3 is 1.32 bits per heavy atom. The normalized spacial score (nSPS) is 12.5. The molecule has 0 bridgehead atoms. The average Bonchev–Trinajstić information content (AvgIpc) is 3.61. The van der Waals surface area contributed by atoms with Crippen LogP contribution < -0.4 is 25.9 Å². The number of hydrogen-bond donors (Lipinski definition) is 0. The molecule has 0 amide bonds. The molecule has 62 heavy (non-hydrogen) atoms. The van der Waals surface area contributed by atoms with Gasteiger partial charge in [-0.15, -0.1) is 0 Å². The Bertz CT molecular complexity index is 3200. The van der Waals surface area contributed by atoms with Crippen molar-refractivity contribution in [1.82, 2.24) is 0 Å². The smallest absolute Gasteiger partial charge is 0.193 e. The first kappa shape index (κ1) is 37.2. The van der Waals surface area contributed by atoms with Crippen molar-refractivity contribution in [2.45, 2.75) is 6.55 Å². The zero-order chi connectivity index (χ0) is 41.6. The molecule has 0 N–H and O–H groups in total. The van der Waals surface area contributed by atoms with E-state index in [9.17, 15) is 4.79 Å². The third-order valence-corrected chi connectivity index (χ3v) is 17.1. The fourth-order valence-electron chi connectivity index (χ4n) is 9.32. The van der Waals surface area contributed by atoms with Gasteiger partial charge in [0.25, 0.3) is 0 Å². The number of anilines is 3. The van der Waals surface area contributed by atoms with Crippen LogP contribution in [0.25, 0.3) is 66.8 Å². The molecule has 10 aromatic rings. The second-order valence-corrected chi connectivity index (χ2v) is 20.1. The minimum absolute atomic E-state index is 0.0627. The van der Waals surface area contributed by atoms with E-state index in [0.717, 1.165) is 56.0 Å². The molecular formula is C58H41NO2Si. The summed E-state index contributed by atoms with van der Waals surface area (Å²) < 4.78 is 6.37. The predicted octanol–water partition coefficient (Wildman–Crippen LogP) is 13.0. The summed E-state index contributed by atoms with van der Waals surface area (Å²) in [5.74, 6) is 0.556. The van der Waals surface area contributed by atoms with Crippen molar-refractivity contribution in [3.05, 3.63) is 241 Å². The van der Waals surface area contributed by atoms with Crippen molar-refractivity contribution in [3.63, 3.8) is 0 Å². The minimum atomic E-state index is -2.11. The number of hydrogen-bond acceptors (Lipinski definition) is 3. The number of benzene rings is 9. The van der Waals surface area contributed by atoms with Gasteiger partial charge >= 0.3 is 0 Å². The van der Waals surface area contributed by atoms with Crippen molar-refractivity contribution in [2.24, 2.45) is 0 Å². The molecule has 0 saturated heterocycles. The first-order valence-corrected chi connectivity index (χ1v) is 23.6. The largest absolute Gasteiger partial charge is 0.456 e. The van der Waals surface area contributed by atoms with Crippen LogP contribution in [0.4, 0.5) is 17.1 Å². The van der Waals surface area contributed by atoms with Crippen LogP contribution in [0.2, 0.25) is 6.55 Å². The van der Waals surface area contributed by atoms with Crippen molar-refractivity contribution < 1.29 is 4.42 Å². The summed E-state index contributed by atoms with van der Waals surface area (Å²) >= 11 is 0. The summed E-state index contributed by atoms with van der Waals surface area (Å²) in [4.78, 5) is 15.9. The fraction of sp³-hybridized carbons (Fsp3) is 0.0172. The molecule has 0 spiro atoms. The van der Waals surface area contributed by atoms with Gasteiger partial charge in [0.15, 0.2) is 5.43 Å². The lowest BCUT2D eigenvalue weighted by atomic mass is 9.99. The third-order valence-electron chi connectivity index (χ3n) is 12.6. The van der Waals surface area contributed by atoms with Crippen molar-refractivity contribution in [1.29, 1.82) is 0 Å². The van der Waals surface area contributed by atoms with Gasteiger partial charge in [0.2, 0.25) is 0 Å². The third kappa shape index (κ3) is 6.49. The summed E-state index contributed by atoms with van der Waals surface area (Å²) in [5, 5.41) is 4.93. The van der Waals surface area contributed by atoms with Gasteiger partial charge in [0.1, 0.15) is 19.4 Å². The van der Waals surface area contributed by atoms with Gasteiger partial charge in [-0.05, 0) is 109 Å². The van der Waals surface area contributed by atoms with Gasteiger partial charge in [0.05, 0.1) is 5.39 Å². The molecule has 0 radical (unpaired) electrons. The van der Waals surface area contributed by atoms with Gasteiger partial charge in [-0.2, -0.15) is 0 Å². The topological polar surface area (TPSA) is 33.5 Å². The Morgan fingerprint density at radius 2 is 0.790 bits per heavy atom. The highest BCUT2D eigenvalue weighted by Crippen LogP contribution is 2.36. The summed E-state index contributed by atoms with van der Waals surface area (Å²) in [6.45, 7) is 2.48. The maximum atomic E-state index is 13.6. The highest BCUT2D eigenvalue weighted by Gasteiger charge is 2.42. The predicted molar refractivity (Wildman–Crippen MR) is 261 cm³/mol. The van der Waals surface area contributed by atoms with Gasteiger partial charge in [0, 0.05) is 28.7 Å².